The Labute approximate surface area is 195 Å². The van der Waals surface area contributed by atoms with Gasteiger partial charge in [-0.25, -0.2) is 0 Å². The van der Waals surface area contributed by atoms with Gasteiger partial charge in [-0.15, -0.1) is 0 Å². The number of carbonyl (C=O) groups is 2. The van der Waals surface area contributed by atoms with Crippen LogP contribution in [0.25, 0.3) is 5.57 Å². The van der Waals surface area contributed by atoms with E-state index in [2.05, 4.69) is 10.3 Å². The minimum atomic E-state index is -0.517. The second-order valence-corrected chi connectivity index (χ2v) is 7.61. The number of hydrogen-bond acceptors (Lipinski definition) is 7. The number of ether oxygens (including phenoxy) is 1. The fourth-order valence-corrected chi connectivity index (χ4v) is 3.55. The molecule has 9 nitrogen and oxygen atoms in total. The van der Waals surface area contributed by atoms with Crippen molar-refractivity contribution in [3.05, 3.63) is 100.0 Å². The number of carbonyl (C=O) groups excluding carboxylic acids is 2. The number of nitro groups is 1. The van der Waals surface area contributed by atoms with Crippen molar-refractivity contribution in [1.29, 1.82) is 0 Å². The molecule has 2 aromatic carbocycles. The van der Waals surface area contributed by atoms with Gasteiger partial charge in [0.15, 0.2) is 0 Å². The molecule has 2 amide bonds. The van der Waals surface area contributed by atoms with Crippen LogP contribution in [0, 0.1) is 10.1 Å². The zero-order valence-electron chi connectivity index (χ0n) is 18.4. The number of rotatable bonds is 9. The molecule has 34 heavy (non-hydrogen) atoms. The third-order valence-corrected chi connectivity index (χ3v) is 5.20. The van der Waals surface area contributed by atoms with E-state index in [-0.39, 0.29) is 23.5 Å². The van der Waals surface area contributed by atoms with Gasteiger partial charge >= 0.3 is 0 Å². The lowest BCUT2D eigenvalue weighted by Gasteiger charge is -2.15. The number of pyridine rings is 1. The molecule has 1 aliphatic rings. The van der Waals surface area contributed by atoms with Gasteiger partial charge < -0.3 is 10.1 Å². The number of imide groups is 1. The van der Waals surface area contributed by atoms with Crippen LogP contribution in [-0.4, -0.2) is 33.2 Å². The summed E-state index contributed by atoms with van der Waals surface area (Å²) in [5.74, 6) is -0.346. The highest BCUT2D eigenvalue weighted by Gasteiger charge is 2.39. The molecule has 0 atom stereocenters. The zero-order chi connectivity index (χ0) is 24.1. The summed E-state index contributed by atoms with van der Waals surface area (Å²) in [4.78, 5) is 42.4. The van der Waals surface area contributed by atoms with Crippen molar-refractivity contribution < 1.29 is 19.2 Å². The van der Waals surface area contributed by atoms with Crippen LogP contribution in [0.2, 0.25) is 0 Å². The molecule has 0 bridgehead atoms. The smallest absolute Gasteiger partial charge is 0.278 e. The maximum atomic E-state index is 13.4. The van der Waals surface area contributed by atoms with E-state index in [1.165, 1.54) is 24.3 Å². The maximum absolute atomic E-state index is 13.4. The number of aromatic nitrogens is 1. The molecule has 0 aliphatic carbocycles. The Hall–Kier alpha value is -4.53. The van der Waals surface area contributed by atoms with E-state index in [1.807, 2.05) is 13.0 Å². The summed E-state index contributed by atoms with van der Waals surface area (Å²) in [6.07, 6.45) is 4.03. The molecule has 9 heteroatoms. The molecular weight excluding hydrogens is 436 g/mol. The molecule has 1 aliphatic heterocycles. The predicted octanol–water partition coefficient (Wildman–Crippen LogP) is 4.17. The van der Waals surface area contributed by atoms with Crippen LogP contribution in [0.15, 0.2) is 78.8 Å². The molecule has 1 aromatic heterocycles. The molecule has 2 heterocycles. The van der Waals surface area contributed by atoms with E-state index in [0.29, 0.717) is 23.6 Å². The average molecular weight is 458 g/mol. The molecule has 0 saturated heterocycles. The highest BCUT2D eigenvalue weighted by molar-refractivity contribution is 6.36. The van der Waals surface area contributed by atoms with E-state index in [0.717, 1.165) is 16.9 Å². The Bertz CT molecular complexity index is 1260. The number of amides is 2. The fraction of sp³-hybridized carbons (Fsp3) is 0.160. The van der Waals surface area contributed by atoms with Gasteiger partial charge in [0.2, 0.25) is 0 Å². The quantitative estimate of drug-likeness (QED) is 0.291. The molecule has 172 valence electrons. The van der Waals surface area contributed by atoms with Crippen LogP contribution in [0.1, 0.15) is 24.5 Å². The molecule has 4 rings (SSSR count). The first-order valence-electron chi connectivity index (χ1n) is 10.7. The Morgan fingerprint density at radius 2 is 1.76 bits per heavy atom. The van der Waals surface area contributed by atoms with Gasteiger partial charge in [-0.3, -0.25) is 29.6 Å². The Morgan fingerprint density at radius 3 is 2.44 bits per heavy atom. The number of nitrogens with one attached hydrogen (secondary N) is 1. The zero-order valence-corrected chi connectivity index (χ0v) is 18.4. The summed E-state index contributed by atoms with van der Waals surface area (Å²) in [6.45, 7) is 2.63. The van der Waals surface area contributed by atoms with Crippen LogP contribution in [0.3, 0.4) is 0 Å². The van der Waals surface area contributed by atoms with Crippen molar-refractivity contribution in [1.82, 2.24) is 9.88 Å². The summed E-state index contributed by atoms with van der Waals surface area (Å²) in [5, 5.41) is 14.1. The highest BCUT2D eigenvalue weighted by Crippen LogP contribution is 2.33. The maximum Gasteiger partial charge on any atom is 0.278 e. The molecule has 3 aromatic rings. The molecule has 1 N–H and O–H groups in total. The van der Waals surface area contributed by atoms with Crippen molar-refractivity contribution in [3.8, 4) is 5.75 Å². The first-order valence-corrected chi connectivity index (χ1v) is 10.7. The number of hydrogen-bond donors (Lipinski definition) is 1. The van der Waals surface area contributed by atoms with Gasteiger partial charge in [0.05, 0.1) is 23.6 Å². The summed E-state index contributed by atoms with van der Waals surface area (Å²) in [6, 6.07) is 16.1. The third-order valence-electron chi connectivity index (χ3n) is 5.20. The molecule has 0 unspecified atom stereocenters. The number of nitro benzene ring substituents is 1. The number of anilines is 1. The number of nitrogens with zero attached hydrogens (tertiary/aromatic N) is 3. The fourth-order valence-electron chi connectivity index (χ4n) is 3.55. The van der Waals surface area contributed by atoms with E-state index < -0.39 is 16.7 Å². The van der Waals surface area contributed by atoms with Crippen molar-refractivity contribution in [2.45, 2.75) is 19.9 Å². The molecule has 0 radical (unpaired) electrons. The minimum Gasteiger partial charge on any atom is -0.494 e. The van der Waals surface area contributed by atoms with Crippen molar-refractivity contribution >= 4 is 28.8 Å². The second-order valence-electron chi connectivity index (χ2n) is 7.61. The Balaban J connectivity index is 1.71. The normalized spacial score (nSPS) is 13.4. The number of non-ortho nitro benzene ring substituents is 1. The van der Waals surface area contributed by atoms with Gasteiger partial charge in [0.25, 0.3) is 17.5 Å². The Kier molecular flexibility index (Phi) is 6.63. The van der Waals surface area contributed by atoms with E-state index in [1.54, 1.807) is 42.7 Å². The molecule has 0 saturated carbocycles. The van der Waals surface area contributed by atoms with Crippen LogP contribution in [-0.2, 0) is 16.1 Å². The summed E-state index contributed by atoms with van der Waals surface area (Å²) < 4.78 is 5.67. The van der Waals surface area contributed by atoms with Gasteiger partial charge in [-0.05, 0) is 53.9 Å². The SMILES string of the molecule is CCCOc1cccc(NC2=C(c3ccc([N+](=O)[O-])cc3)C(=O)N(Cc3ccncc3)C2=O)c1. The largest absolute Gasteiger partial charge is 0.494 e. The van der Waals surface area contributed by atoms with E-state index in [9.17, 15) is 19.7 Å². The lowest BCUT2D eigenvalue weighted by Crippen LogP contribution is -2.32. The first-order chi connectivity index (χ1) is 16.5. The molecule has 0 spiro atoms. The van der Waals surface area contributed by atoms with Crippen LogP contribution >= 0.6 is 0 Å². The molecular formula is C25H22N4O5. The van der Waals surface area contributed by atoms with Crippen molar-refractivity contribution in [2.75, 3.05) is 11.9 Å². The van der Waals surface area contributed by atoms with Gasteiger partial charge in [-0.1, -0.05) is 13.0 Å². The van der Waals surface area contributed by atoms with Gasteiger partial charge in [0, 0.05) is 36.3 Å². The van der Waals surface area contributed by atoms with Crippen molar-refractivity contribution in [3.63, 3.8) is 0 Å². The lowest BCUT2D eigenvalue weighted by molar-refractivity contribution is -0.384. The first kappa shape index (κ1) is 22.7. The van der Waals surface area contributed by atoms with Crippen LogP contribution in [0.4, 0.5) is 11.4 Å². The third kappa shape index (κ3) is 4.78. The summed E-state index contributed by atoms with van der Waals surface area (Å²) in [7, 11) is 0. The topological polar surface area (TPSA) is 115 Å². The summed E-state index contributed by atoms with van der Waals surface area (Å²) >= 11 is 0. The lowest BCUT2D eigenvalue weighted by atomic mass is 10.0. The predicted molar refractivity (Wildman–Crippen MR) is 126 cm³/mol. The average Bonchev–Trinajstić information content (AvgIpc) is 3.08. The van der Waals surface area contributed by atoms with Gasteiger partial charge in [0.1, 0.15) is 11.4 Å². The van der Waals surface area contributed by atoms with Gasteiger partial charge in [-0.2, -0.15) is 0 Å². The minimum absolute atomic E-state index is 0.0709. The summed E-state index contributed by atoms with van der Waals surface area (Å²) in [5.41, 5.74) is 1.87. The Morgan fingerprint density at radius 1 is 1.03 bits per heavy atom. The van der Waals surface area contributed by atoms with Crippen molar-refractivity contribution in [2.24, 2.45) is 0 Å². The standard InChI is InChI=1S/C25H22N4O5/c1-2-14-34-21-5-3-4-19(15-21)27-23-22(18-6-8-20(9-7-18)29(32)33)24(30)28(25(23)31)16-17-10-12-26-13-11-17/h3-13,15,27H,2,14,16H2,1H3. The molecule has 0 fully saturated rings. The van der Waals surface area contributed by atoms with Crippen LogP contribution < -0.4 is 10.1 Å². The number of benzene rings is 2. The van der Waals surface area contributed by atoms with E-state index in [4.69, 9.17) is 4.74 Å². The highest BCUT2D eigenvalue weighted by atomic mass is 16.6. The second kappa shape index (κ2) is 9.95. The van der Waals surface area contributed by atoms with E-state index >= 15 is 0 Å². The van der Waals surface area contributed by atoms with Crippen LogP contribution in [0.5, 0.6) is 5.75 Å². The monoisotopic (exact) mass is 458 g/mol.